The number of hydrogen-bond acceptors (Lipinski definition) is 3. The van der Waals surface area contributed by atoms with E-state index in [1.54, 1.807) is 4.90 Å². The molecule has 1 saturated heterocycles. The zero-order chi connectivity index (χ0) is 19.1. The highest BCUT2D eigenvalue weighted by Gasteiger charge is 2.38. The predicted octanol–water partition coefficient (Wildman–Crippen LogP) is 3.49. The van der Waals surface area contributed by atoms with Crippen LogP contribution in [0, 0.1) is 5.92 Å². The summed E-state index contributed by atoms with van der Waals surface area (Å²) in [6.45, 7) is 1.96. The molecule has 5 nitrogen and oxygen atoms in total. The minimum absolute atomic E-state index is 0.0800. The Bertz CT molecular complexity index is 613. The fourth-order valence-electron chi connectivity index (χ4n) is 4.24. The van der Waals surface area contributed by atoms with E-state index in [2.05, 4.69) is 0 Å². The predicted molar refractivity (Wildman–Crippen MR) is 106 cm³/mol. The number of benzene rings is 1. The van der Waals surface area contributed by atoms with Crippen LogP contribution >= 0.6 is 0 Å². The van der Waals surface area contributed by atoms with Crippen LogP contribution in [0.4, 0.5) is 0 Å². The number of rotatable bonds is 7. The van der Waals surface area contributed by atoms with Gasteiger partial charge in [-0.1, -0.05) is 37.5 Å². The Kier molecular flexibility index (Phi) is 7.13. The van der Waals surface area contributed by atoms with Crippen LogP contribution in [-0.2, 0) is 9.59 Å². The maximum absolute atomic E-state index is 12.9. The van der Waals surface area contributed by atoms with E-state index in [0.29, 0.717) is 13.2 Å². The number of likely N-dealkylation sites (N-methyl/N-ethyl adjacent to an activating group) is 1. The number of amides is 2. The Labute approximate surface area is 162 Å². The topological polar surface area (TPSA) is 49.9 Å². The fraction of sp³-hybridized carbons (Fsp3) is 0.636. The van der Waals surface area contributed by atoms with Crippen LogP contribution in [0.5, 0.6) is 5.75 Å². The van der Waals surface area contributed by atoms with Crippen LogP contribution < -0.4 is 4.74 Å². The van der Waals surface area contributed by atoms with Gasteiger partial charge in [-0.3, -0.25) is 9.59 Å². The summed E-state index contributed by atoms with van der Waals surface area (Å²) >= 11 is 0. The third-order valence-corrected chi connectivity index (χ3v) is 5.80. The van der Waals surface area contributed by atoms with Gasteiger partial charge in [-0.15, -0.1) is 0 Å². The number of nitrogens with zero attached hydrogens (tertiary/aromatic N) is 2. The smallest absolute Gasteiger partial charge is 0.245 e. The molecule has 5 heteroatoms. The van der Waals surface area contributed by atoms with Crippen molar-refractivity contribution in [1.29, 1.82) is 0 Å². The highest BCUT2D eigenvalue weighted by molar-refractivity contribution is 5.89. The number of hydrogen-bond donors (Lipinski definition) is 0. The average Bonchev–Trinajstić information content (AvgIpc) is 3.21. The lowest BCUT2D eigenvalue weighted by atomic mass is 9.88. The molecule has 1 aliphatic carbocycles. The summed E-state index contributed by atoms with van der Waals surface area (Å²) in [6, 6.07) is 9.46. The van der Waals surface area contributed by atoms with Crippen molar-refractivity contribution in [3.63, 3.8) is 0 Å². The van der Waals surface area contributed by atoms with Gasteiger partial charge in [0, 0.05) is 26.1 Å². The quantitative estimate of drug-likeness (QED) is 0.689. The Morgan fingerprint density at radius 3 is 2.56 bits per heavy atom. The second kappa shape index (κ2) is 9.77. The molecule has 1 atom stereocenters. The first kappa shape index (κ1) is 19.7. The lowest BCUT2D eigenvalue weighted by Gasteiger charge is -2.32. The molecule has 0 N–H and O–H groups in total. The molecule has 2 fully saturated rings. The maximum atomic E-state index is 12.9. The van der Waals surface area contributed by atoms with Gasteiger partial charge in [-0.05, 0) is 44.2 Å². The third-order valence-electron chi connectivity index (χ3n) is 5.80. The van der Waals surface area contributed by atoms with Gasteiger partial charge in [0.05, 0.1) is 6.61 Å². The van der Waals surface area contributed by atoms with Gasteiger partial charge in [0.2, 0.25) is 11.8 Å². The first-order valence-corrected chi connectivity index (χ1v) is 10.4. The van der Waals surface area contributed by atoms with Crippen LogP contribution in [-0.4, -0.2) is 54.4 Å². The van der Waals surface area contributed by atoms with E-state index in [9.17, 15) is 9.59 Å². The van der Waals surface area contributed by atoms with Crippen molar-refractivity contribution < 1.29 is 14.3 Å². The van der Waals surface area contributed by atoms with E-state index in [4.69, 9.17) is 4.74 Å². The zero-order valence-electron chi connectivity index (χ0n) is 16.4. The first-order chi connectivity index (χ1) is 13.2. The molecular formula is C22H32N2O3. The van der Waals surface area contributed by atoms with Gasteiger partial charge in [-0.25, -0.2) is 0 Å². The standard InChI is InChI=1S/C22H32N2O3/c1-23(15-9-17-27-19-12-6-3-7-13-19)22(26)20-14-8-16-24(20)21(25)18-10-4-2-5-11-18/h3,6-7,12-13,18,20H,2,4-5,8-11,14-17H2,1H3. The number of carbonyl (C=O) groups is 2. The Balaban J connectivity index is 1.45. The molecule has 0 radical (unpaired) electrons. The second-order valence-electron chi connectivity index (χ2n) is 7.80. The highest BCUT2D eigenvalue weighted by atomic mass is 16.5. The molecule has 1 aliphatic heterocycles. The Hall–Kier alpha value is -2.04. The van der Waals surface area contributed by atoms with Crippen LogP contribution in [0.25, 0.3) is 0 Å². The summed E-state index contributed by atoms with van der Waals surface area (Å²) in [5.41, 5.74) is 0. The largest absolute Gasteiger partial charge is 0.494 e. The van der Waals surface area contributed by atoms with Crippen molar-refractivity contribution in [2.24, 2.45) is 5.92 Å². The monoisotopic (exact) mass is 372 g/mol. The van der Waals surface area contributed by atoms with E-state index in [0.717, 1.165) is 57.2 Å². The molecule has 1 aromatic carbocycles. The highest BCUT2D eigenvalue weighted by Crippen LogP contribution is 2.29. The number of para-hydroxylation sites is 1. The Morgan fingerprint density at radius 2 is 1.81 bits per heavy atom. The SMILES string of the molecule is CN(CCCOc1ccccc1)C(=O)C1CCCN1C(=O)C1CCCCC1. The van der Waals surface area contributed by atoms with Crippen LogP contribution in [0.15, 0.2) is 30.3 Å². The lowest BCUT2D eigenvalue weighted by molar-refractivity contribution is -0.146. The minimum atomic E-state index is -0.264. The summed E-state index contributed by atoms with van der Waals surface area (Å²) in [5.74, 6) is 1.28. The van der Waals surface area contributed by atoms with Crippen molar-refractivity contribution in [2.45, 2.75) is 57.4 Å². The molecule has 1 heterocycles. The molecule has 0 bridgehead atoms. The number of carbonyl (C=O) groups excluding carboxylic acids is 2. The molecule has 2 amide bonds. The average molecular weight is 373 g/mol. The van der Waals surface area contributed by atoms with E-state index < -0.39 is 0 Å². The second-order valence-corrected chi connectivity index (χ2v) is 7.80. The van der Waals surface area contributed by atoms with Gasteiger partial charge in [0.25, 0.3) is 0 Å². The van der Waals surface area contributed by atoms with Crippen LogP contribution in [0.1, 0.15) is 51.4 Å². The van der Waals surface area contributed by atoms with E-state index in [1.807, 2.05) is 42.3 Å². The molecule has 27 heavy (non-hydrogen) atoms. The number of likely N-dealkylation sites (tertiary alicyclic amines) is 1. The molecule has 1 unspecified atom stereocenters. The fourth-order valence-corrected chi connectivity index (χ4v) is 4.24. The van der Waals surface area contributed by atoms with Crippen molar-refractivity contribution in [3.05, 3.63) is 30.3 Å². The van der Waals surface area contributed by atoms with Crippen molar-refractivity contribution in [2.75, 3.05) is 26.7 Å². The van der Waals surface area contributed by atoms with E-state index in [1.165, 1.54) is 6.42 Å². The van der Waals surface area contributed by atoms with Crippen LogP contribution in [0.2, 0.25) is 0 Å². The molecule has 3 rings (SSSR count). The molecule has 148 valence electrons. The first-order valence-electron chi connectivity index (χ1n) is 10.4. The van der Waals surface area contributed by atoms with Gasteiger partial charge >= 0.3 is 0 Å². The zero-order valence-corrected chi connectivity index (χ0v) is 16.4. The van der Waals surface area contributed by atoms with Crippen LogP contribution in [0.3, 0.4) is 0 Å². The molecule has 2 aliphatic rings. The van der Waals surface area contributed by atoms with Crippen molar-refractivity contribution >= 4 is 11.8 Å². The van der Waals surface area contributed by atoms with Gasteiger partial charge in [0.1, 0.15) is 11.8 Å². The normalized spacial score (nSPS) is 20.5. The maximum Gasteiger partial charge on any atom is 0.245 e. The summed E-state index contributed by atoms with van der Waals surface area (Å²) in [7, 11) is 1.84. The third kappa shape index (κ3) is 5.24. The van der Waals surface area contributed by atoms with E-state index >= 15 is 0 Å². The molecule has 0 aromatic heterocycles. The summed E-state index contributed by atoms with van der Waals surface area (Å²) in [5, 5.41) is 0. The Morgan fingerprint density at radius 1 is 1.07 bits per heavy atom. The summed E-state index contributed by atoms with van der Waals surface area (Å²) in [6.07, 6.45) is 8.00. The molecule has 1 aromatic rings. The minimum Gasteiger partial charge on any atom is -0.494 e. The van der Waals surface area contributed by atoms with Crippen molar-refractivity contribution in [3.8, 4) is 5.75 Å². The molecule has 0 spiro atoms. The molecule has 1 saturated carbocycles. The van der Waals surface area contributed by atoms with Crippen molar-refractivity contribution in [1.82, 2.24) is 9.80 Å². The molecular weight excluding hydrogens is 340 g/mol. The summed E-state index contributed by atoms with van der Waals surface area (Å²) < 4.78 is 5.70. The van der Waals surface area contributed by atoms with Gasteiger partial charge < -0.3 is 14.5 Å². The van der Waals surface area contributed by atoms with Gasteiger partial charge in [0.15, 0.2) is 0 Å². The summed E-state index contributed by atoms with van der Waals surface area (Å²) in [4.78, 5) is 29.4. The van der Waals surface area contributed by atoms with Gasteiger partial charge in [-0.2, -0.15) is 0 Å². The lowest BCUT2D eigenvalue weighted by Crippen LogP contribution is -2.48. The number of ether oxygens (including phenoxy) is 1. The van der Waals surface area contributed by atoms with E-state index in [-0.39, 0.29) is 23.8 Å².